The highest BCUT2D eigenvalue weighted by Gasteiger charge is 2.37. The molecule has 0 unspecified atom stereocenters. The van der Waals surface area contributed by atoms with E-state index in [0.29, 0.717) is 25.7 Å². The second-order valence-electron chi connectivity index (χ2n) is 18.5. The number of nitrogens with zero attached hydrogens (tertiary/aromatic N) is 4. The smallest absolute Gasteiger partial charge is 0.131 e. The van der Waals surface area contributed by atoms with Gasteiger partial charge in [0.15, 0.2) is 0 Å². The molecular weight excluding hydrogens is 817 g/mol. The molecule has 0 heterocycles. The molecule has 64 heavy (non-hydrogen) atoms. The van der Waals surface area contributed by atoms with Crippen LogP contribution in [0.2, 0.25) is 0 Å². The number of hydrogen-bond donors (Lipinski definition) is 12. The summed E-state index contributed by atoms with van der Waals surface area (Å²) in [6.45, 7) is 15.7. The van der Waals surface area contributed by atoms with Crippen LogP contribution < -0.4 is 23.4 Å². The molecule has 16 heteroatoms. The number of fused-ring (bicyclic) bond motifs is 8. The predicted octanol–water partition coefficient (Wildman–Crippen LogP) is 7.53. The zero-order chi connectivity index (χ0) is 47.5. The Morgan fingerprint density at radius 1 is 0.344 bits per heavy atom. The van der Waals surface area contributed by atoms with E-state index in [0.717, 1.165) is 24.9 Å². The number of nitrogens with two attached hydrogens (primary N) is 4. The number of hydrogen-bond acceptors (Lipinski definition) is 16. The molecule has 16 N–H and O–H groups in total. The fourth-order valence-corrected chi connectivity index (χ4v) is 9.39. The van der Waals surface area contributed by atoms with Gasteiger partial charge in [0.25, 0.3) is 0 Å². The van der Waals surface area contributed by atoms with E-state index in [1.807, 2.05) is 55.4 Å². The van der Waals surface area contributed by atoms with Gasteiger partial charge in [-0.3, -0.25) is 0 Å². The van der Waals surface area contributed by atoms with Crippen molar-refractivity contribution in [3.63, 3.8) is 0 Å². The lowest BCUT2D eigenvalue weighted by atomic mass is 9.73. The van der Waals surface area contributed by atoms with Crippen molar-refractivity contribution in [3.8, 4) is 46.0 Å². The van der Waals surface area contributed by atoms with Crippen molar-refractivity contribution in [1.82, 2.24) is 0 Å². The van der Waals surface area contributed by atoms with E-state index >= 15 is 0 Å². The summed E-state index contributed by atoms with van der Waals surface area (Å²) in [5, 5.41) is 113. The van der Waals surface area contributed by atoms with Crippen LogP contribution in [-0.2, 0) is 0 Å². The molecule has 0 aliphatic heterocycles. The Kier molecular flexibility index (Phi) is 14.8. The molecule has 0 aromatic heterocycles. The van der Waals surface area contributed by atoms with Crippen molar-refractivity contribution in [2.24, 2.45) is 67.4 Å². The monoisotopic (exact) mass is 880 g/mol. The molecule has 0 saturated heterocycles. The van der Waals surface area contributed by atoms with Gasteiger partial charge >= 0.3 is 0 Å². The highest BCUT2D eigenvalue weighted by Crippen LogP contribution is 2.55. The van der Waals surface area contributed by atoms with Crippen molar-refractivity contribution in [2.75, 3.05) is 0 Å². The van der Waals surface area contributed by atoms with Gasteiger partial charge in [0.05, 0.1) is 47.1 Å². The van der Waals surface area contributed by atoms with Gasteiger partial charge in [-0.25, -0.2) is 0 Å². The molecule has 4 aromatic rings. The van der Waals surface area contributed by atoms with E-state index in [1.54, 1.807) is 24.3 Å². The lowest BCUT2D eigenvalue weighted by Crippen LogP contribution is -2.16. The Hall–Kier alpha value is -6.84. The molecule has 0 radical (unpaired) electrons. The van der Waals surface area contributed by atoms with Gasteiger partial charge < -0.3 is 64.2 Å². The molecular formula is C48H64N8O8. The summed E-state index contributed by atoms with van der Waals surface area (Å²) in [5.41, 5.74) is 1.46. The number of phenolic OH excluding ortho intramolecular Hbond substituents is 8. The number of phenols is 8. The lowest BCUT2D eigenvalue weighted by Gasteiger charge is -2.32. The number of hydrazone groups is 4. The molecule has 1 aliphatic rings. The Morgan fingerprint density at radius 3 is 0.594 bits per heavy atom. The maximum atomic E-state index is 12.2. The molecule has 0 fully saturated rings. The summed E-state index contributed by atoms with van der Waals surface area (Å²) < 4.78 is 0. The van der Waals surface area contributed by atoms with Crippen LogP contribution in [0.1, 0.15) is 172 Å². The first-order valence-electron chi connectivity index (χ1n) is 21.5. The van der Waals surface area contributed by atoms with Gasteiger partial charge in [-0.05, 0) is 73.6 Å². The summed E-state index contributed by atoms with van der Waals surface area (Å²) in [4.78, 5) is 0. The number of aromatic hydroxyl groups is 8. The Bertz CT molecular complexity index is 2040. The van der Waals surface area contributed by atoms with Crippen LogP contribution in [0, 0.1) is 23.7 Å². The van der Waals surface area contributed by atoms with Crippen LogP contribution in [0.5, 0.6) is 46.0 Å². The van der Waals surface area contributed by atoms with Crippen LogP contribution in [0.3, 0.4) is 0 Å². The summed E-state index contributed by atoms with van der Waals surface area (Å²) >= 11 is 0. The summed E-state index contributed by atoms with van der Waals surface area (Å²) in [6, 6.07) is 6.52. The fourth-order valence-electron chi connectivity index (χ4n) is 9.39. The van der Waals surface area contributed by atoms with Crippen LogP contribution in [0.25, 0.3) is 0 Å². The van der Waals surface area contributed by atoms with Crippen LogP contribution in [0.4, 0.5) is 0 Å². The maximum absolute atomic E-state index is 12.2. The minimum Gasteiger partial charge on any atom is -0.507 e. The summed E-state index contributed by atoms with van der Waals surface area (Å²) in [6.07, 6.45) is 5.67. The van der Waals surface area contributed by atoms with E-state index < -0.39 is 23.7 Å². The Morgan fingerprint density at radius 2 is 0.484 bits per heavy atom. The molecule has 0 spiro atoms. The van der Waals surface area contributed by atoms with Crippen molar-refractivity contribution in [3.05, 3.63) is 91.0 Å². The van der Waals surface area contributed by atoms with Crippen molar-refractivity contribution >= 4 is 24.9 Å². The van der Waals surface area contributed by atoms with Gasteiger partial charge in [-0.15, -0.1) is 0 Å². The largest absolute Gasteiger partial charge is 0.507 e. The van der Waals surface area contributed by atoms with E-state index in [4.69, 9.17) is 23.4 Å². The Labute approximate surface area is 374 Å². The Balaban J connectivity index is 2.22. The standard InChI is InChI=1S/C48H64N8O8/c1-21(2)9-25-29-13-31(43(59)37(17-53-49)41(29)57)26(10-22(3)4)33-15-35(47(63)39(19-55-51)45(33)61)28(12-24(7)8)36-16-34(46(62)40(20-56-52)48(36)64)27(11-23(5)6)32-14-30(25)42(58)38(18-54-50)44(32)60/h13-28,57-64H,9-12,49-52H2,1-8H3/b53-17+,54-18+,55-19+,56-20+. The number of benzene rings is 4. The summed E-state index contributed by atoms with van der Waals surface area (Å²) in [5.74, 6) is 16.0. The molecule has 5 rings (SSSR count). The predicted molar refractivity (Wildman–Crippen MR) is 251 cm³/mol. The average molecular weight is 881 g/mol. The lowest BCUT2D eigenvalue weighted by molar-refractivity contribution is 0.410. The minimum absolute atomic E-state index is 0.0819. The van der Waals surface area contributed by atoms with Crippen LogP contribution in [0.15, 0.2) is 44.7 Å². The second kappa shape index (κ2) is 19.7. The topological polar surface area (TPSA) is 315 Å². The highest BCUT2D eigenvalue weighted by atomic mass is 16.3. The van der Waals surface area contributed by atoms with Gasteiger partial charge in [-0.2, -0.15) is 20.4 Å². The quantitative estimate of drug-likeness (QED) is 0.0373. The second-order valence-corrected chi connectivity index (χ2v) is 18.5. The van der Waals surface area contributed by atoms with E-state index in [2.05, 4.69) is 20.4 Å². The molecule has 0 atom stereocenters. The van der Waals surface area contributed by atoms with Crippen LogP contribution >= 0.6 is 0 Å². The molecule has 4 aromatic carbocycles. The van der Waals surface area contributed by atoms with Gasteiger partial charge in [0, 0.05) is 68.2 Å². The molecule has 0 saturated carbocycles. The first-order valence-corrected chi connectivity index (χ1v) is 21.5. The van der Waals surface area contributed by atoms with Crippen molar-refractivity contribution in [2.45, 2.75) is 105 Å². The molecule has 344 valence electrons. The third kappa shape index (κ3) is 9.13. The van der Waals surface area contributed by atoms with E-state index in [-0.39, 0.29) is 136 Å². The van der Waals surface area contributed by atoms with Gasteiger partial charge in [0.2, 0.25) is 0 Å². The number of rotatable bonds is 12. The highest BCUT2D eigenvalue weighted by molar-refractivity contribution is 5.93. The fraction of sp³-hybridized carbons (Fsp3) is 0.417. The van der Waals surface area contributed by atoms with E-state index in [9.17, 15) is 40.9 Å². The van der Waals surface area contributed by atoms with Gasteiger partial charge in [0.1, 0.15) is 46.0 Å². The third-order valence-electron chi connectivity index (χ3n) is 12.1. The van der Waals surface area contributed by atoms with E-state index in [1.165, 1.54) is 0 Å². The normalized spacial score (nSPS) is 18.1. The van der Waals surface area contributed by atoms with Gasteiger partial charge in [-0.1, -0.05) is 55.4 Å². The van der Waals surface area contributed by atoms with Crippen molar-refractivity contribution < 1.29 is 40.9 Å². The average Bonchev–Trinajstić information content (AvgIpc) is 3.21. The summed E-state index contributed by atoms with van der Waals surface area (Å²) in [7, 11) is 0. The first kappa shape index (κ1) is 48.2. The minimum atomic E-state index is -0.871. The molecule has 1 aliphatic carbocycles. The molecule has 16 nitrogen and oxygen atoms in total. The van der Waals surface area contributed by atoms with Crippen LogP contribution in [-0.4, -0.2) is 65.7 Å². The third-order valence-corrected chi connectivity index (χ3v) is 12.1. The zero-order valence-corrected chi connectivity index (χ0v) is 37.7. The van der Waals surface area contributed by atoms with Crippen molar-refractivity contribution in [1.29, 1.82) is 0 Å². The maximum Gasteiger partial charge on any atom is 0.131 e. The first-order chi connectivity index (χ1) is 30.2. The SMILES string of the molecule is CC(C)CC1c2cc(c(O)c(/C=N/N)c2O)C(CC(C)C)c2cc(c(O)c(/C=N/N)c2O)C(CC(C)C)c2cc(c(O)c(/C=N/N)c2O)C(CC(C)C)c2cc1c(O)c(/C=N/N)c2O. The zero-order valence-electron chi connectivity index (χ0n) is 37.7. The molecule has 0 amide bonds. The molecule has 8 bridgehead atoms.